The van der Waals surface area contributed by atoms with Gasteiger partial charge in [-0.1, -0.05) is 42.0 Å². The van der Waals surface area contributed by atoms with Crippen molar-refractivity contribution in [1.29, 1.82) is 0 Å². The van der Waals surface area contributed by atoms with E-state index in [0.29, 0.717) is 39.2 Å². The first kappa shape index (κ1) is 29.6. The van der Waals surface area contributed by atoms with Crippen LogP contribution in [0.5, 0.6) is 17.2 Å². The molecule has 0 spiro atoms. The number of fused-ring (bicyclic) bond motifs is 1. The highest BCUT2D eigenvalue weighted by molar-refractivity contribution is 7.89. The van der Waals surface area contributed by atoms with Crippen molar-refractivity contribution in [2.45, 2.75) is 24.8 Å². The predicted molar refractivity (Wildman–Crippen MR) is 163 cm³/mol. The van der Waals surface area contributed by atoms with Crippen molar-refractivity contribution in [3.63, 3.8) is 0 Å². The standard InChI is InChI=1S/C33H30N2O7S/c1-21-13-16-24(17-14-21)43(38,39)34-22(2)33(37)42-31-20-35(28-11-7-5-9-25(28)31)29-12-8-6-10-26(29)32(36)27-18-15-23(40-3)19-30(27)41-4/h5-20,22,34H,1-4H3/t22-/m0/s1. The molecule has 0 aliphatic rings. The minimum absolute atomic E-state index is 0.0455. The number of sulfonamides is 1. The molecule has 1 aromatic heterocycles. The van der Waals surface area contributed by atoms with Crippen LogP contribution in [0.25, 0.3) is 16.6 Å². The topological polar surface area (TPSA) is 113 Å². The van der Waals surface area contributed by atoms with Crippen molar-refractivity contribution in [2.24, 2.45) is 0 Å². The maximum absolute atomic E-state index is 13.8. The van der Waals surface area contributed by atoms with Crippen LogP contribution in [-0.2, 0) is 14.8 Å². The van der Waals surface area contributed by atoms with Crippen LogP contribution in [0.4, 0.5) is 0 Å². The second-order valence-corrected chi connectivity index (χ2v) is 11.6. The summed E-state index contributed by atoms with van der Waals surface area (Å²) in [4.78, 5) is 27.0. The number of benzene rings is 4. The fraction of sp³-hybridized carbons (Fsp3) is 0.152. The lowest BCUT2D eigenvalue weighted by atomic mass is 10.0. The molecule has 220 valence electrons. The van der Waals surface area contributed by atoms with Gasteiger partial charge in [0.2, 0.25) is 10.0 Å². The number of ether oxygens (including phenoxy) is 3. The third-order valence-electron chi connectivity index (χ3n) is 6.96. The molecule has 1 N–H and O–H groups in total. The summed E-state index contributed by atoms with van der Waals surface area (Å²) in [6, 6.07) is 24.4. The van der Waals surface area contributed by atoms with Gasteiger partial charge >= 0.3 is 5.97 Å². The van der Waals surface area contributed by atoms with Crippen LogP contribution in [0.3, 0.4) is 0 Å². The average Bonchev–Trinajstić information content (AvgIpc) is 3.38. The molecule has 1 atom stereocenters. The van der Waals surface area contributed by atoms with Gasteiger partial charge in [0, 0.05) is 17.0 Å². The first-order valence-electron chi connectivity index (χ1n) is 13.4. The van der Waals surface area contributed by atoms with Crippen molar-refractivity contribution in [3.05, 3.63) is 114 Å². The molecule has 10 heteroatoms. The molecule has 0 amide bonds. The maximum Gasteiger partial charge on any atom is 0.329 e. The highest BCUT2D eigenvalue weighted by Gasteiger charge is 2.26. The lowest BCUT2D eigenvalue weighted by Gasteiger charge is -2.14. The molecule has 0 bridgehead atoms. The van der Waals surface area contributed by atoms with Gasteiger partial charge in [-0.25, -0.2) is 13.2 Å². The lowest BCUT2D eigenvalue weighted by Crippen LogP contribution is -2.40. The Kier molecular flexibility index (Phi) is 8.33. The van der Waals surface area contributed by atoms with Crippen LogP contribution in [0.1, 0.15) is 28.4 Å². The van der Waals surface area contributed by atoms with Gasteiger partial charge in [0.1, 0.15) is 17.5 Å². The first-order valence-corrected chi connectivity index (χ1v) is 14.9. The van der Waals surface area contributed by atoms with E-state index in [2.05, 4.69) is 4.72 Å². The quantitative estimate of drug-likeness (QED) is 0.168. The van der Waals surface area contributed by atoms with E-state index in [1.807, 2.05) is 19.1 Å². The van der Waals surface area contributed by atoms with Crippen molar-refractivity contribution < 1.29 is 32.2 Å². The summed E-state index contributed by atoms with van der Waals surface area (Å²) >= 11 is 0. The number of hydrogen-bond donors (Lipinski definition) is 1. The Bertz CT molecular complexity index is 1930. The van der Waals surface area contributed by atoms with Crippen LogP contribution in [0.2, 0.25) is 0 Å². The molecule has 0 unspecified atom stereocenters. The van der Waals surface area contributed by atoms with Crippen LogP contribution in [-0.4, -0.2) is 45.0 Å². The number of rotatable bonds is 10. The summed E-state index contributed by atoms with van der Waals surface area (Å²) in [7, 11) is -0.937. The summed E-state index contributed by atoms with van der Waals surface area (Å²) in [6.07, 6.45) is 1.61. The molecule has 5 aromatic rings. The minimum Gasteiger partial charge on any atom is -0.497 e. The number of carbonyl (C=O) groups is 2. The molecular formula is C33H30N2O7S. The molecule has 1 heterocycles. The molecule has 0 aliphatic carbocycles. The van der Waals surface area contributed by atoms with E-state index >= 15 is 0 Å². The molecule has 0 fully saturated rings. The summed E-state index contributed by atoms with van der Waals surface area (Å²) in [5.74, 6) is 0.0795. The van der Waals surface area contributed by atoms with E-state index in [1.165, 1.54) is 33.3 Å². The molecule has 4 aromatic carbocycles. The zero-order valence-corrected chi connectivity index (χ0v) is 24.8. The van der Waals surface area contributed by atoms with E-state index in [0.717, 1.165) is 5.56 Å². The summed E-state index contributed by atoms with van der Waals surface area (Å²) in [5, 5.41) is 0.605. The van der Waals surface area contributed by atoms with Crippen LogP contribution in [0.15, 0.2) is 102 Å². The largest absolute Gasteiger partial charge is 0.497 e. The summed E-state index contributed by atoms with van der Waals surface area (Å²) < 4.78 is 46.3. The van der Waals surface area contributed by atoms with E-state index in [9.17, 15) is 18.0 Å². The Morgan fingerprint density at radius 2 is 1.51 bits per heavy atom. The third kappa shape index (κ3) is 6.01. The van der Waals surface area contributed by atoms with Crippen molar-refractivity contribution in [2.75, 3.05) is 14.2 Å². The van der Waals surface area contributed by atoms with Gasteiger partial charge in [-0.2, -0.15) is 4.72 Å². The molecule has 5 rings (SSSR count). The van der Waals surface area contributed by atoms with E-state index in [-0.39, 0.29) is 16.4 Å². The lowest BCUT2D eigenvalue weighted by molar-refractivity contribution is -0.135. The van der Waals surface area contributed by atoms with Gasteiger partial charge in [-0.05, 0) is 62.4 Å². The second kappa shape index (κ2) is 12.1. The third-order valence-corrected chi connectivity index (χ3v) is 8.52. The fourth-order valence-corrected chi connectivity index (χ4v) is 5.89. The zero-order valence-electron chi connectivity index (χ0n) is 24.0. The first-order chi connectivity index (χ1) is 20.6. The molecule has 9 nitrogen and oxygen atoms in total. The average molecular weight is 599 g/mol. The van der Waals surface area contributed by atoms with E-state index < -0.39 is 22.0 Å². The fourth-order valence-electron chi connectivity index (χ4n) is 4.70. The van der Waals surface area contributed by atoms with Gasteiger partial charge in [0.05, 0.1) is 42.1 Å². The van der Waals surface area contributed by atoms with Crippen molar-refractivity contribution in [1.82, 2.24) is 9.29 Å². The molecule has 0 aliphatic heterocycles. The van der Waals surface area contributed by atoms with E-state index in [4.69, 9.17) is 14.2 Å². The Morgan fingerprint density at radius 3 is 2.23 bits per heavy atom. The Labute approximate surface area is 249 Å². The van der Waals surface area contributed by atoms with Crippen molar-refractivity contribution in [3.8, 4) is 22.9 Å². The number of ketones is 1. The van der Waals surface area contributed by atoms with Crippen LogP contribution >= 0.6 is 0 Å². The number of hydrogen-bond acceptors (Lipinski definition) is 7. The Hall–Kier alpha value is -4.93. The van der Waals surface area contributed by atoms with Crippen LogP contribution < -0.4 is 18.9 Å². The van der Waals surface area contributed by atoms with Crippen LogP contribution in [0, 0.1) is 6.92 Å². The number of para-hydroxylation sites is 2. The number of aromatic nitrogens is 1. The van der Waals surface area contributed by atoms with Gasteiger partial charge in [-0.15, -0.1) is 0 Å². The smallest absolute Gasteiger partial charge is 0.329 e. The molecule has 43 heavy (non-hydrogen) atoms. The number of aryl methyl sites for hydroxylation is 1. The molecule has 0 saturated heterocycles. The maximum atomic E-state index is 13.8. The normalized spacial score (nSPS) is 12.1. The second-order valence-electron chi connectivity index (χ2n) is 9.87. The highest BCUT2D eigenvalue weighted by atomic mass is 32.2. The van der Waals surface area contributed by atoms with Crippen molar-refractivity contribution >= 4 is 32.7 Å². The monoisotopic (exact) mass is 598 g/mol. The molecular weight excluding hydrogens is 568 g/mol. The van der Waals surface area contributed by atoms with Gasteiger partial charge in [0.25, 0.3) is 0 Å². The van der Waals surface area contributed by atoms with Gasteiger partial charge in [-0.3, -0.25) is 4.79 Å². The Morgan fingerprint density at radius 1 is 0.814 bits per heavy atom. The van der Waals surface area contributed by atoms with Gasteiger partial charge in [0.15, 0.2) is 11.5 Å². The van der Waals surface area contributed by atoms with E-state index in [1.54, 1.807) is 77.5 Å². The SMILES string of the molecule is COc1ccc(C(=O)c2ccccc2-n2cc(OC(=O)[C@H](C)NS(=O)(=O)c3ccc(C)cc3)c3ccccc32)c(OC)c1. The number of esters is 1. The predicted octanol–water partition coefficient (Wildman–Crippen LogP) is 5.46. The number of carbonyl (C=O) groups excluding carboxylic acids is 2. The Balaban J connectivity index is 1.48. The van der Waals surface area contributed by atoms with Gasteiger partial charge < -0.3 is 18.8 Å². The zero-order chi connectivity index (χ0) is 30.7. The highest BCUT2D eigenvalue weighted by Crippen LogP contribution is 2.34. The molecule has 0 saturated carbocycles. The minimum atomic E-state index is -3.96. The number of nitrogens with one attached hydrogen (secondary N) is 1. The summed E-state index contributed by atoms with van der Waals surface area (Å²) in [6.45, 7) is 3.27. The molecule has 0 radical (unpaired) electrons. The summed E-state index contributed by atoms with van der Waals surface area (Å²) in [5.41, 5.74) is 2.89. The number of nitrogens with zero attached hydrogens (tertiary/aromatic N) is 1. The number of methoxy groups -OCH3 is 2.